The Labute approximate surface area is 113 Å². The van der Waals surface area contributed by atoms with Gasteiger partial charge in [0.1, 0.15) is 0 Å². The molecule has 1 atom stereocenters. The van der Waals surface area contributed by atoms with Crippen molar-refractivity contribution >= 4 is 33.2 Å². The van der Waals surface area contributed by atoms with Gasteiger partial charge in [0, 0.05) is 24.5 Å². The lowest BCUT2D eigenvalue weighted by Crippen LogP contribution is -2.38. The quantitative estimate of drug-likeness (QED) is 0.884. The minimum atomic E-state index is 0.0940. The van der Waals surface area contributed by atoms with E-state index >= 15 is 0 Å². The zero-order valence-corrected chi connectivity index (χ0v) is 11.9. The van der Waals surface area contributed by atoms with Crippen molar-refractivity contribution in [2.75, 3.05) is 26.2 Å². The van der Waals surface area contributed by atoms with Gasteiger partial charge in [-0.15, -0.1) is 11.3 Å². The second-order valence-corrected chi connectivity index (χ2v) is 6.56. The number of carbonyl (C=O) groups excluding carboxylic acids is 1. The fourth-order valence-corrected chi connectivity index (χ4v) is 3.62. The summed E-state index contributed by atoms with van der Waals surface area (Å²) in [6, 6.07) is 4.26. The van der Waals surface area contributed by atoms with E-state index in [-0.39, 0.29) is 11.9 Å². The van der Waals surface area contributed by atoms with E-state index < -0.39 is 0 Å². The molecule has 0 radical (unpaired) electrons. The van der Waals surface area contributed by atoms with Crippen molar-refractivity contribution in [3.05, 3.63) is 20.8 Å². The van der Waals surface area contributed by atoms with Crippen molar-refractivity contribution in [1.82, 2.24) is 10.2 Å². The van der Waals surface area contributed by atoms with Crippen LogP contribution in [0, 0.1) is 0 Å². The second-order valence-electron chi connectivity index (χ2n) is 4.07. The van der Waals surface area contributed by atoms with E-state index in [9.17, 15) is 4.79 Å². The van der Waals surface area contributed by atoms with Crippen molar-refractivity contribution in [3.8, 4) is 0 Å². The molecule has 2 rings (SSSR count). The molecule has 17 heavy (non-hydrogen) atoms. The number of hydrogen-bond acceptors (Lipinski definition) is 4. The summed E-state index contributed by atoms with van der Waals surface area (Å²) in [6.07, 6.45) is 0.981. The van der Waals surface area contributed by atoms with Crippen molar-refractivity contribution in [2.45, 2.75) is 12.5 Å². The van der Waals surface area contributed by atoms with Gasteiger partial charge in [-0.1, -0.05) is 0 Å². The van der Waals surface area contributed by atoms with Crippen LogP contribution in [-0.2, 0) is 4.79 Å². The van der Waals surface area contributed by atoms with Gasteiger partial charge in [-0.05, 0) is 34.5 Å². The van der Waals surface area contributed by atoms with Crippen LogP contribution in [0.2, 0.25) is 0 Å². The van der Waals surface area contributed by atoms with Crippen LogP contribution < -0.4 is 11.1 Å². The van der Waals surface area contributed by atoms with Crippen LogP contribution in [0.4, 0.5) is 0 Å². The summed E-state index contributed by atoms with van der Waals surface area (Å²) in [4.78, 5) is 14.9. The van der Waals surface area contributed by atoms with Gasteiger partial charge in [-0.3, -0.25) is 9.69 Å². The van der Waals surface area contributed by atoms with Crippen molar-refractivity contribution in [1.29, 1.82) is 0 Å². The van der Waals surface area contributed by atoms with E-state index in [2.05, 4.69) is 32.2 Å². The summed E-state index contributed by atoms with van der Waals surface area (Å²) in [6.45, 7) is 2.66. The van der Waals surface area contributed by atoms with Gasteiger partial charge >= 0.3 is 0 Å². The summed E-state index contributed by atoms with van der Waals surface area (Å²) in [5, 5.41) is 2.88. The van der Waals surface area contributed by atoms with Gasteiger partial charge < -0.3 is 11.1 Å². The average molecular weight is 318 g/mol. The number of amides is 1. The van der Waals surface area contributed by atoms with Crippen LogP contribution in [0.25, 0.3) is 0 Å². The summed E-state index contributed by atoms with van der Waals surface area (Å²) in [7, 11) is 0. The molecule has 0 bridgehead atoms. The monoisotopic (exact) mass is 317 g/mol. The highest BCUT2D eigenvalue weighted by Crippen LogP contribution is 2.30. The predicted octanol–water partition coefficient (Wildman–Crippen LogP) is 1.33. The van der Waals surface area contributed by atoms with Crippen LogP contribution in [-0.4, -0.2) is 37.0 Å². The Kier molecular flexibility index (Phi) is 4.55. The molecule has 0 spiro atoms. The summed E-state index contributed by atoms with van der Waals surface area (Å²) < 4.78 is 1.10. The molecule has 0 saturated carbocycles. The van der Waals surface area contributed by atoms with Gasteiger partial charge in [0.15, 0.2) is 0 Å². The summed E-state index contributed by atoms with van der Waals surface area (Å²) >= 11 is 5.15. The first-order valence-corrected chi connectivity index (χ1v) is 7.27. The fraction of sp³-hybridized carbons (Fsp3) is 0.545. The van der Waals surface area contributed by atoms with Crippen LogP contribution in [0.3, 0.4) is 0 Å². The molecule has 1 unspecified atom stereocenters. The first kappa shape index (κ1) is 13.0. The third-order valence-corrected chi connectivity index (χ3v) is 4.60. The Morgan fingerprint density at radius 2 is 2.41 bits per heavy atom. The standard InChI is InChI=1S/C11H16BrN3OS/c12-10-3-2-9(17-10)8(6-13)15-5-1-4-14-11(16)7-15/h2-3,8H,1,4-7,13H2,(H,14,16). The Morgan fingerprint density at radius 1 is 1.59 bits per heavy atom. The second kappa shape index (κ2) is 5.95. The molecular weight excluding hydrogens is 302 g/mol. The lowest BCUT2D eigenvalue weighted by atomic mass is 10.2. The van der Waals surface area contributed by atoms with Gasteiger partial charge in [-0.2, -0.15) is 0 Å². The van der Waals surface area contributed by atoms with Crippen molar-refractivity contribution in [3.63, 3.8) is 0 Å². The maximum atomic E-state index is 11.6. The topological polar surface area (TPSA) is 58.4 Å². The number of nitrogens with zero attached hydrogens (tertiary/aromatic N) is 1. The predicted molar refractivity (Wildman–Crippen MR) is 73.0 cm³/mol. The Bertz CT molecular complexity index is 396. The number of nitrogens with two attached hydrogens (primary N) is 1. The molecule has 1 aliphatic rings. The first-order valence-electron chi connectivity index (χ1n) is 5.66. The molecule has 1 fully saturated rings. The van der Waals surface area contributed by atoms with Crippen LogP contribution in [0.1, 0.15) is 17.3 Å². The lowest BCUT2D eigenvalue weighted by molar-refractivity contribution is -0.121. The normalized spacial score (nSPS) is 19.8. The first-order chi connectivity index (χ1) is 8.20. The van der Waals surface area contributed by atoms with Gasteiger partial charge in [0.25, 0.3) is 0 Å². The highest BCUT2D eigenvalue weighted by atomic mass is 79.9. The zero-order chi connectivity index (χ0) is 12.3. The maximum Gasteiger partial charge on any atom is 0.234 e. The molecule has 1 amide bonds. The van der Waals surface area contributed by atoms with E-state index in [0.29, 0.717) is 13.1 Å². The van der Waals surface area contributed by atoms with Gasteiger partial charge in [0.2, 0.25) is 5.91 Å². The molecule has 1 aromatic rings. The third-order valence-electron chi connectivity index (χ3n) is 2.88. The van der Waals surface area contributed by atoms with Crippen LogP contribution >= 0.6 is 27.3 Å². The number of rotatable bonds is 3. The number of hydrogen-bond donors (Lipinski definition) is 2. The molecule has 6 heteroatoms. The summed E-state index contributed by atoms with van der Waals surface area (Å²) in [5.74, 6) is 0.0940. The minimum Gasteiger partial charge on any atom is -0.355 e. The maximum absolute atomic E-state index is 11.6. The molecule has 1 aromatic heterocycles. The summed E-state index contributed by atoms with van der Waals surface area (Å²) in [5.41, 5.74) is 5.86. The van der Waals surface area contributed by atoms with E-state index in [0.717, 1.165) is 23.3 Å². The number of carbonyl (C=O) groups is 1. The number of halogens is 1. The molecule has 4 nitrogen and oxygen atoms in total. The Hall–Kier alpha value is -0.430. The van der Waals surface area contributed by atoms with Gasteiger partial charge in [0.05, 0.1) is 16.4 Å². The minimum absolute atomic E-state index is 0.0940. The van der Waals surface area contributed by atoms with E-state index in [1.165, 1.54) is 4.88 Å². The highest BCUT2D eigenvalue weighted by Gasteiger charge is 2.24. The van der Waals surface area contributed by atoms with Gasteiger partial charge in [-0.25, -0.2) is 0 Å². The van der Waals surface area contributed by atoms with Crippen molar-refractivity contribution < 1.29 is 4.79 Å². The largest absolute Gasteiger partial charge is 0.355 e. The smallest absolute Gasteiger partial charge is 0.234 e. The third kappa shape index (κ3) is 3.28. The fourth-order valence-electron chi connectivity index (χ4n) is 2.05. The van der Waals surface area contributed by atoms with E-state index in [1.807, 2.05) is 6.07 Å². The van der Waals surface area contributed by atoms with E-state index in [4.69, 9.17) is 5.73 Å². The molecule has 0 aromatic carbocycles. The molecule has 1 saturated heterocycles. The zero-order valence-electron chi connectivity index (χ0n) is 9.49. The Balaban J connectivity index is 2.14. The molecule has 94 valence electrons. The Morgan fingerprint density at radius 3 is 3.06 bits per heavy atom. The average Bonchev–Trinajstić information content (AvgIpc) is 2.59. The lowest BCUT2D eigenvalue weighted by Gasteiger charge is -2.27. The van der Waals surface area contributed by atoms with Crippen LogP contribution in [0.5, 0.6) is 0 Å². The SMILES string of the molecule is NCC(c1ccc(Br)s1)N1CCCNC(=O)C1. The molecule has 2 heterocycles. The highest BCUT2D eigenvalue weighted by molar-refractivity contribution is 9.11. The number of thiophene rings is 1. The molecule has 3 N–H and O–H groups in total. The van der Waals surface area contributed by atoms with Crippen molar-refractivity contribution in [2.24, 2.45) is 5.73 Å². The molecule has 0 aliphatic carbocycles. The van der Waals surface area contributed by atoms with E-state index in [1.54, 1.807) is 11.3 Å². The van der Waals surface area contributed by atoms with Crippen LogP contribution in [0.15, 0.2) is 15.9 Å². The molecular formula is C11H16BrN3OS. The molecule has 1 aliphatic heterocycles. The number of nitrogens with one attached hydrogen (secondary N) is 1.